The van der Waals surface area contributed by atoms with Crippen LogP contribution in [0.15, 0.2) is 42.6 Å². The Balaban J connectivity index is 2.04. The van der Waals surface area contributed by atoms with Crippen LogP contribution in [0.3, 0.4) is 0 Å². The number of nitrogens with zero attached hydrogens (tertiary/aromatic N) is 1. The Kier molecular flexibility index (Phi) is 7.04. The van der Waals surface area contributed by atoms with Gasteiger partial charge in [-0.05, 0) is 37.6 Å². The zero-order valence-corrected chi connectivity index (χ0v) is 14.0. The number of ether oxygens (including phenoxy) is 2. The van der Waals surface area contributed by atoms with Crippen molar-refractivity contribution in [3.05, 3.63) is 48.2 Å². The molecule has 0 aliphatic rings. The Bertz CT molecular complexity index is 661. The molecule has 0 bridgehead atoms. The number of aromatic nitrogens is 1. The molecule has 0 atom stereocenters. The minimum atomic E-state index is -0.130. The molecular weight excluding hydrogens is 306 g/mol. The number of para-hydroxylation sites is 2. The molecule has 0 aliphatic carbocycles. The third-order valence-corrected chi connectivity index (χ3v) is 3.28. The fourth-order valence-electron chi connectivity index (χ4n) is 2.15. The summed E-state index contributed by atoms with van der Waals surface area (Å²) < 4.78 is 10.5. The smallest absolute Gasteiger partial charge is 0.251 e. The summed E-state index contributed by atoms with van der Waals surface area (Å²) in [6.07, 6.45) is 2.38. The van der Waals surface area contributed by atoms with Crippen molar-refractivity contribution in [2.24, 2.45) is 0 Å². The molecule has 0 saturated carbocycles. The SMILES string of the molecule is CCOc1ccccc1Nc1cc(C(=O)NCCCOC)ccn1. The molecule has 1 amide bonds. The molecule has 24 heavy (non-hydrogen) atoms. The van der Waals surface area contributed by atoms with Crippen LogP contribution in [-0.4, -0.2) is 37.8 Å². The Labute approximate surface area is 142 Å². The molecule has 2 N–H and O–H groups in total. The monoisotopic (exact) mass is 329 g/mol. The van der Waals surface area contributed by atoms with Gasteiger partial charge in [0.05, 0.1) is 12.3 Å². The molecule has 0 unspecified atom stereocenters. The first-order chi connectivity index (χ1) is 11.7. The molecule has 0 saturated heterocycles. The van der Waals surface area contributed by atoms with Crippen molar-refractivity contribution < 1.29 is 14.3 Å². The second kappa shape index (κ2) is 9.52. The fourth-order valence-corrected chi connectivity index (χ4v) is 2.15. The van der Waals surface area contributed by atoms with Gasteiger partial charge in [-0.25, -0.2) is 4.98 Å². The lowest BCUT2D eigenvalue weighted by Gasteiger charge is -2.12. The summed E-state index contributed by atoms with van der Waals surface area (Å²) in [6, 6.07) is 11.0. The summed E-state index contributed by atoms with van der Waals surface area (Å²) in [7, 11) is 1.64. The highest BCUT2D eigenvalue weighted by molar-refractivity contribution is 5.94. The van der Waals surface area contributed by atoms with Crippen LogP contribution in [-0.2, 0) is 4.74 Å². The molecule has 0 fully saturated rings. The van der Waals surface area contributed by atoms with E-state index in [2.05, 4.69) is 15.6 Å². The molecule has 128 valence electrons. The second-order valence-corrected chi connectivity index (χ2v) is 5.09. The van der Waals surface area contributed by atoms with Crippen LogP contribution in [0.5, 0.6) is 5.75 Å². The van der Waals surface area contributed by atoms with Gasteiger partial charge in [0.1, 0.15) is 11.6 Å². The molecule has 2 rings (SSSR count). The van der Waals surface area contributed by atoms with Crippen molar-refractivity contribution in [2.45, 2.75) is 13.3 Å². The molecule has 0 spiro atoms. The van der Waals surface area contributed by atoms with Crippen molar-refractivity contribution in [1.29, 1.82) is 0 Å². The standard InChI is InChI=1S/C18H23N3O3/c1-3-24-16-8-5-4-7-15(16)21-17-13-14(9-11-19-17)18(22)20-10-6-12-23-2/h4-5,7-9,11,13H,3,6,10,12H2,1-2H3,(H,19,21)(H,20,22). The van der Waals surface area contributed by atoms with E-state index < -0.39 is 0 Å². The van der Waals surface area contributed by atoms with E-state index in [1.807, 2.05) is 31.2 Å². The molecular formula is C18H23N3O3. The van der Waals surface area contributed by atoms with Gasteiger partial charge in [0, 0.05) is 32.0 Å². The van der Waals surface area contributed by atoms with Crippen molar-refractivity contribution >= 4 is 17.4 Å². The summed E-state index contributed by atoms with van der Waals surface area (Å²) in [5.74, 6) is 1.21. The quantitative estimate of drug-likeness (QED) is 0.692. The zero-order chi connectivity index (χ0) is 17.2. The van der Waals surface area contributed by atoms with Crippen molar-refractivity contribution in [2.75, 3.05) is 32.2 Å². The number of nitrogens with one attached hydrogen (secondary N) is 2. The predicted molar refractivity (Wildman–Crippen MR) is 94.0 cm³/mol. The van der Waals surface area contributed by atoms with Crippen molar-refractivity contribution in [1.82, 2.24) is 10.3 Å². The van der Waals surface area contributed by atoms with E-state index in [0.717, 1.165) is 17.9 Å². The first kappa shape index (κ1) is 17.7. The lowest BCUT2D eigenvalue weighted by Crippen LogP contribution is -2.25. The van der Waals surface area contributed by atoms with Gasteiger partial charge >= 0.3 is 0 Å². The normalized spacial score (nSPS) is 10.2. The Hall–Kier alpha value is -2.60. The molecule has 2 aromatic rings. The summed E-state index contributed by atoms with van der Waals surface area (Å²) in [5, 5.41) is 6.05. The van der Waals surface area contributed by atoms with Gasteiger partial charge < -0.3 is 20.1 Å². The highest BCUT2D eigenvalue weighted by Crippen LogP contribution is 2.26. The molecule has 1 heterocycles. The number of amides is 1. The van der Waals surface area contributed by atoms with E-state index in [1.54, 1.807) is 25.4 Å². The van der Waals surface area contributed by atoms with E-state index >= 15 is 0 Å². The van der Waals surface area contributed by atoms with E-state index in [0.29, 0.717) is 31.1 Å². The van der Waals surface area contributed by atoms with Crippen molar-refractivity contribution in [3.63, 3.8) is 0 Å². The van der Waals surface area contributed by atoms with Gasteiger partial charge in [-0.3, -0.25) is 4.79 Å². The van der Waals surface area contributed by atoms with Crippen LogP contribution in [0.2, 0.25) is 0 Å². The van der Waals surface area contributed by atoms with E-state index in [-0.39, 0.29) is 5.91 Å². The van der Waals surface area contributed by atoms with Gasteiger partial charge in [0.25, 0.3) is 5.91 Å². The molecule has 6 heteroatoms. The van der Waals surface area contributed by atoms with Crippen LogP contribution in [0.4, 0.5) is 11.5 Å². The number of pyridine rings is 1. The average Bonchev–Trinajstić information content (AvgIpc) is 2.61. The van der Waals surface area contributed by atoms with Crippen molar-refractivity contribution in [3.8, 4) is 5.75 Å². The van der Waals surface area contributed by atoms with Crippen LogP contribution in [0, 0.1) is 0 Å². The maximum absolute atomic E-state index is 12.1. The summed E-state index contributed by atoms with van der Waals surface area (Å²) >= 11 is 0. The Morgan fingerprint density at radius 3 is 2.88 bits per heavy atom. The number of anilines is 2. The number of benzene rings is 1. The number of carbonyl (C=O) groups excluding carboxylic acids is 1. The lowest BCUT2D eigenvalue weighted by atomic mass is 10.2. The molecule has 0 radical (unpaired) electrons. The second-order valence-electron chi connectivity index (χ2n) is 5.09. The minimum Gasteiger partial charge on any atom is -0.492 e. The Morgan fingerprint density at radius 2 is 2.08 bits per heavy atom. The highest BCUT2D eigenvalue weighted by Gasteiger charge is 2.08. The van der Waals surface area contributed by atoms with Crippen LogP contribution in [0.25, 0.3) is 0 Å². The lowest BCUT2D eigenvalue weighted by molar-refractivity contribution is 0.0948. The number of rotatable bonds is 9. The van der Waals surface area contributed by atoms with E-state index in [4.69, 9.17) is 9.47 Å². The minimum absolute atomic E-state index is 0.130. The number of methoxy groups -OCH3 is 1. The fraction of sp³-hybridized carbons (Fsp3) is 0.333. The van der Waals surface area contributed by atoms with Crippen LogP contribution < -0.4 is 15.4 Å². The number of carbonyl (C=O) groups is 1. The molecule has 0 aliphatic heterocycles. The predicted octanol–water partition coefficient (Wildman–Crippen LogP) is 2.99. The Morgan fingerprint density at radius 1 is 1.25 bits per heavy atom. The third kappa shape index (κ3) is 5.24. The number of hydrogen-bond donors (Lipinski definition) is 2. The van der Waals surface area contributed by atoms with E-state index in [1.165, 1.54) is 0 Å². The largest absolute Gasteiger partial charge is 0.492 e. The van der Waals surface area contributed by atoms with Gasteiger partial charge in [-0.2, -0.15) is 0 Å². The summed E-state index contributed by atoms with van der Waals surface area (Å²) in [4.78, 5) is 16.4. The molecule has 1 aromatic heterocycles. The van der Waals surface area contributed by atoms with Gasteiger partial charge in [-0.15, -0.1) is 0 Å². The first-order valence-corrected chi connectivity index (χ1v) is 7.96. The van der Waals surface area contributed by atoms with Crippen LogP contribution >= 0.6 is 0 Å². The average molecular weight is 329 g/mol. The topological polar surface area (TPSA) is 72.5 Å². The van der Waals surface area contributed by atoms with Crippen LogP contribution in [0.1, 0.15) is 23.7 Å². The third-order valence-electron chi connectivity index (χ3n) is 3.28. The maximum atomic E-state index is 12.1. The van der Waals surface area contributed by atoms with Gasteiger partial charge in [0.2, 0.25) is 0 Å². The van der Waals surface area contributed by atoms with E-state index in [9.17, 15) is 4.79 Å². The summed E-state index contributed by atoms with van der Waals surface area (Å²) in [6.45, 7) is 3.71. The molecule has 1 aromatic carbocycles. The number of hydrogen-bond acceptors (Lipinski definition) is 5. The maximum Gasteiger partial charge on any atom is 0.251 e. The van der Waals surface area contributed by atoms with Gasteiger partial charge in [-0.1, -0.05) is 12.1 Å². The highest BCUT2D eigenvalue weighted by atomic mass is 16.5. The van der Waals surface area contributed by atoms with Gasteiger partial charge in [0.15, 0.2) is 0 Å². The summed E-state index contributed by atoms with van der Waals surface area (Å²) in [5.41, 5.74) is 1.36. The molecule has 6 nitrogen and oxygen atoms in total. The zero-order valence-electron chi connectivity index (χ0n) is 14.0. The first-order valence-electron chi connectivity index (χ1n) is 7.96.